The number of aryl methyl sites for hydroxylation is 1. The first-order chi connectivity index (χ1) is 13.9. The van der Waals surface area contributed by atoms with Gasteiger partial charge in [-0.05, 0) is 23.8 Å². The number of rotatable bonds is 4. The average Bonchev–Trinajstić information content (AvgIpc) is 3.02. The minimum Gasteiger partial charge on any atom is -0.344 e. The van der Waals surface area contributed by atoms with Crippen LogP contribution < -0.4 is 16.6 Å². The van der Waals surface area contributed by atoms with Crippen LogP contribution in [0.5, 0.6) is 0 Å². The minimum absolute atomic E-state index is 0.112. The Bertz CT molecular complexity index is 1340. The van der Waals surface area contributed by atoms with Crippen LogP contribution >= 0.6 is 0 Å². The van der Waals surface area contributed by atoms with E-state index in [1.54, 1.807) is 13.1 Å². The standard InChI is InChI=1S/C21H17FN4O3/c1-25-12-16(19(27)23-15-9-5-8-14(22)10-15)17-18(25)20(28)26(21(29)24-17)11-13-6-3-2-4-7-13/h2-10,12H,11H2,1H3,(H,23,27)(H,24,29). The number of carbonyl (C=O) groups excluding carboxylic acids is 1. The number of H-pyrrole nitrogens is 1. The third-order valence-electron chi connectivity index (χ3n) is 4.62. The van der Waals surface area contributed by atoms with Crippen molar-refractivity contribution in [2.75, 3.05) is 5.32 Å². The molecule has 4 aromatic rings. The Hall–Kier alpha value is -3.94. The lowest BCUT2D eigenvalue weighted by Gasteiger charge is -2.07. The number of aromatic nitrogens is 3. The number of benzene rings is 2. The Labute approximate surface area is 164 Å². The first-order valence-corrected chi connectivity index (χ1v) is 8.87. The summed E-state index contributed by atoms with van der Waals surface area (Å²) in [4.78, 5) is 40.8. The fraction of sp³-hybridized carbons (Fsp3) is 0.0952. The molecule has 0 atom stereocenters. The molecule has 0 unspecified atom stereocenters. The summed E-state index contributed by atoms with van der Waals surface area (Å²) in [5.41, 5.74) is 0.417. The highest BCUT2D eigenvalue weighted by molar-refractivity contribution is 6.11. The summed E-state index contributed by atoms with van der Waals surface area (Å²) in [6.07, 6.45) is 1.46. The third-order valence-corrected chi connectivity index (χ3v) is 4.62. The Morgan fingerprint density at radius 3 is 2.59 bits per heavy atom. The van der Waals surface area contributed by atoms with E-state index in [-0.39, 0.29) is 28.8 Å². The molecule has 2 N–H and O–H groups in total. The molecule has 0 aliphatic rings. The first-order valence-electron chi connectivity index (χ1n) is 8.87. The van der Waals surface area contributed by atoms with Crippen molar-refractivity contribution in [1.82, 2.24) is 14.1 Å². The number of aromatic amines is 1. The second-order valence-corrected chi connectivity index (χ2v) is 6.65. The predicted octanol–water partition coefficient (Wildman–Crippen LogP) is 2.47. The van der Waals surface area contributed by atoms with Gasteiger partial charge in [-0.25, -0.2) is 9.18 Å². The van der Waals surface area contributed by atoms with E-state index >= 15 is 0 Å². The molecule has 2 aromatic heterocycles. The molecule has 2 aromatic carbocycles. The third kappa shape index (κ3) is 3.47. The number of amides is 1. The molecule has 0 fully saturated rings. The Balaban J connectivity index is 1.77. The van der Waals surface area contributed by atoms with Crippen molar-refractivity contribution in [3.8, 4) is 0 Å². The van der Waals surface area contributed by atoms with E-state index in [1.165, 1.54) is 29.0 Å². The lowest BCUT2D eigenvalue weighted by molar-refractivity contribution is 0.102. The second-order valence-electron chi connectivity index (χ2n) is 6.65. The molecule has 0 saturated carbocycles. The molecule has 0 aliphatic heterocycles. The lowest BCUT2D eigenvalue weighted by Crippen LogP contribution is -2.36. The van der Waals surface area contributed by atoms with Crippen molar-refractivity contribution < 1.29 is 9.18 Å². The van der Waals surface area contributed by atoms with Crippen molar-refractivity contribution in [3.05, 3.63) is 98.6 Å². The van der Waals surface area contributed by atoms with E-state index in [9.17, 15) is 18.8 Å². The molecule has 8 heteroatoms. The highest BCUT2D eigenvalue weighted by atomic mass is 19.1. The summed E-state index contributed by atoms with van der Waals surface area (Å²) in [7, 11) is 1.62. The van der Waals surface area contributed by atoms with E-state index in [1.807, 2.05) is 30.3 Å². The summed E-state index contributed by atoms with van der Waals surface area (Å²) in [5, 5.41) is 2.57. The van der Waals surface area contributed by atoms with Gasteiger partial charge in [-0.1, -0.05) is 36.4 Å². The Morgan fingerprint density at radius 1 is 1.10 bits per heavy atom. The molecule has 7 nitrogen and oxygen atoms in total. The van der Waals surface area contributed by atoms with Crippen LogP contribution in [0.2, 0.25) is 0 Å². The van der Waals surface area contributed by atoms with E-state index in [0.717, 1.165) is 10.1 Å². The van der Waals surface area contributed by atoms with Crippen LogP contribution in [-0.4, -0.2) is 20.0 Å². The fourth-order valence-electron chi connectivity index (χ4n) is 3.25. The molecule has 0 spiro atoms. The van der Waals surface area contributed by atoms with Crippen molar-refractivity contribution in [1.29, 1.82) is 0 Å². The summed E-state index contributed by atoms with van der Waals surface area (Å²) in [6, 6.07) is 14.6. The van der Waals surface area contributed by atoms with Gasteiger partial charge in [0.25, 0.3) is 11.5 Å². The highest BCUT2D eigenvalue weighted by Crippen LogP contribution is 2.17. The molecular weight excluding hydrogens is 375 g/mol. The summed E-state index contributed by atoms with van der Waals surface area (Å²) in [6.45, 7) is 0.112. The number of halogens is 1. The van der Waals surface area contributed by atoms with Crippen LogP contribution in [0.1, 0.15) is 15.9 Å². The topological polar surface area (TPSA) is 88.9 Å². The van der Waals surface area contributed by atoms with Crippen LogP contribution in [0, 0.1) is 5.82 Å². The molecule has 0 aliphatic carbocycles. The molecule has 1 amide bonds. The molecule has 2 heterocycles. The normalized spacial score (nSPS) is 11.0. The predicted molar refractivity (Wildman–Crippen MR) is 108 cm³/mol. The van der Waals surface area contributed by atoms with Gasteiger partial charge >= 0.3 is 5.69 Å². The summed E-state index contributed by atoms with van der Waals surface area (Å²) in [5.74, 6) is -1.05. The largest absolute Gasteiger partial charge is 0.344 e. The number of nitrogens with zero attached hydrogens (tertiary/aromatic N) is 2. The number of hydrogen-bond donors (Lipinski definition) is 2. The highest BCUT2D eigenvalue weighted by Gasteiger charge is 2.20. The summed E-state index contributed by atoms with van der Waals surface area (Å²) < 4.78 is 15.9. The van der Waals surface area contributed by atoms with Crippen molar-refractivity contribution in [3.63, 3.8) is 0 Å². The van der Waals surface area contributed by atoms with Crippen LogP contribution in [0.4, 0.5) is 10.1 Å². The lowest BCUT2D eigenvalue weighted by atomic mass is 10.2. The van der Waals surface area contributed by atoms with E-state index in [2.05, 4.69) is 10.3 Å². The van der Waals surface area contributed by atoms with Gasteiger partial charge in [-0.15, -0.1) is 0 Å². The number of nitrogens with one attached hydrogen (secondary N) is 2. The maximum absolute atomic E-state index is 13.4. The van der Waals surface area contributed by atoms with Crippen LogP contribution in [-0.2, 0) is 13.6 Å². The second kappa shape index (κ2) is 7.23. The molecule has 146 valence electrons. The van der Waals surface area contributed by atoms with Gasteiger partial charge in [0.15, 0.2) is 0 Å². The monoisotopic (exact) mass is 392 g/mol. The van der Waals surface area contributed by atoms with Gasteiger partial charge in [0.2, 0.25) is 0 Å². The number of hydrogen-bond acceptors (Lipinski definition) is 3. The maximum Gasteiger partial charge on any atom is 0.329 e. The summed E-state index contributed by atoms with van der Waals surface area (Å²) >= 11 is 0. The van der Waals surface area contributed by atoms with Crippen molar-refractivity contribution >= 4 is 22.6 Å². The molecule has 29 heavy (non-hydrogen) atoms. The van der Waals surface area contributed by atoms with Crippen molar-refractivity contribution in [2.45, 2.75) is 6.54 Å². The fourth-order valence-corrected chi connectivity index (χ4v) is 3.25. The first kappa shape index (κ1) is 18.4. The molecule has 0 bridgehead atoms. The van der Waals surface area contributed by atoms with Gasteiger partial charge in [0.1, 0.15) is 11.3 Å². The van der Waals surface area contributed by atoms with E-state index in [0.29, 0.717) is 0 Å². The number of carbonyl (C=O) groups is 1. The molecular formula is C21H17FN4O3. The average molecular weight is 392 g/mol. The van der Waals surface area contributed by atoms with Crippen LogP contribution in [0.25, 0.3) is 11.0 Å². The number of anilines is 1. The Kier molecular flexibility index (Phi) is 4.59. The SMILES string of the molecule is Cn1cc(C(=O)Nc2cccc(F)c2)c2[nH]c(=O)n(Cc3ccccc3)c(=O)c21. The van der Waals surface area contributed by atoms with E-state index < -0.39 is 23.0 Å². The smallest absolute Gasteiger partial charge is 0.329 e. The van der Waals surface area contributed by atoms with Gasteiger partial charge < -0.3 is 14.9 Å². The van der Waals surface area contributed by atoms with Crippen LogP contribution in [0.15, 0.2) is 70.4 Å². The molecule has 4 rings (SSSR count). The van der Waals surface area contributed by atoms with Crippen LogP contribution in [0.3, 0.4) is 0 Å². The zero-order valence-corrected chi connectivity index (χ0v) is 15.5. The van der Waals surface area contributed by atoms with Crippen molar-refractivity contribution in [2.24, 2.45) is 7.05 Å². The molecule has 0 radical (unpaired) electrons. The van der Waals surface area contributed by atoms with Gasteiger partial charge in [-0.3, -0.25) is 14.2 Å². The quantitative estimate of drug-likeness (QED) is 0.559. The van der Waals surface area contributed by atoms with Gasteiger partial charge in [-0.2, -0.15) is 0 Å². The van der Waals surface area contributed by atoms with Gasteiger partial charge in [0, 0.05) is 18.9 Å². The Morgan fingerprint density at radius 2 is 1.86 bits per heavy atom. The van der Waals surface area contributed by atoms with Gasteiger partial charge in [0.05, 0.1) is 17.6 Å². The zero-order valence-electron chi connectivity index (χ0n) is 15.5. The zero-order chi connectivity index (χ0) is 20.5. The minimum atomic E-state index is -0.614. The van der Waals surface area contributed by atoms with E-state index in [4.69, 9.17) is 0 Å². The maximum atomic E-state index is 13.4. The number of fused-ring (bicyclic) bond motifs is 1. The molecule has 0 saturated heterocycles.